The minimum Gasteiger partial charge on any atom is -0.494 e. The third kappa shape index (κ3) is 7.62. The largest absolute Gasteiger partial charge is 0.494 e. The molecule has 1 aliphatic carbocycles. The summed E-state index contributed by atoms with van der Waals surface area (Å²) in [6, 6.07) is 22.3. The van der Waals surface area contributed by atoms with Crippen LogP contribution in [-0.2, 0) is 10.8 Å². The molecule has 0 atom stereocenters. The van der Waals surface area contributed by atoms with Gasteiger partial charge in [-0.3, -0.25) is 0 Å². The van der Waals surface area contributed by atoms with Crippen LogP contribution in [0.5, 0.6) is 5.75 Å². The zero-order valence-corrected chi connectivity index (χ0v) is 25.2. The Labute approximate surface area is 260 Å². The lowest BCUT2D eigenvalue weighted by atomic mass is 9.82. The lowest BCUT2D eigenvalue weighted by molar-refractivity contribution is -0.277. The number of halogens is 4. The van der Waals surface area contributed by atoms with Crippen LogP contribution >= 0.6 is 12.2 Å². The van der Waals surface area contributed by atoms with Crippen LogP contribution in [0.2, 0.25) is 0 Å². The van der Waals surface area contributed by atoms with Crippen LogP contribution in [0, 0.1) is 11.6 Å². The molecule has 0 N–H and O–H groups in total. The van der Waals surface area contributed by atoms with Crippen molar-refractivity contribution < 1.29 is 27.0 Å². The second-order valence-corrected chi connectivity index (χ2v) is 11.2. The van der Waals surface area contributed by atoms with Gasteiger partial charge >= 0.3 is 6.11 Å². The van der Waals surface area contributed by atoms with Gasteiger partial charge in [0.25, 0.3) is 0 Å². The van der Waals surface area contributed by atoms with Crippen molar-refractivity contribution in [3.8, 4) is 28.0 Å². The number of isothiocyanates is 1. The molecule has 0 heterocycles. The summed E-state index contributed by atoms with van der Waals surface area (Å²) in [6.07, 6.45) is -0.0513. The van der Waals surface area contributed by atoms with Crippen molar-refractivity contribution in [3.63, 3.8) is 0 Å². The molecule has 4 aromatic carbocycles. The lowest BCUT2D eigenvalue weighted by Gasteiger charge is -2.31. The molecule has 8 heteroatoms. The number of unbranched alkanes of at least 4 members (excludes halogenated alkanes) is 1. The Kier molecular flexibility index (Phi) is 10.3. The van der Waals surface area contributed by atoms with Crippen molar-refractivity contribution in [2.24, 2.45) is 4.99 Å². The van der Waals surface area contributed by atoms with Crippen LogP contribution in [0.4, 0.5) is 23.2 Å². The highest BCUT2D eigenvalue weighted by Crippen LogP contribution is 2.40. The number of ether oxygens (including phenoxy) is 2. The summed E-state index contributed by atoms with van der Waals surface area (Å²) in [4.78, 5) is 3.90. The number of benzene rings is 4. The predicted octanol–water partition coefficient (Wildman–Crippen LogP) is 11.0. The average Bonchev–Trinajstić information content (AvgIpc) is 3.02. The van der Waals surface area contributed by atoms with Gasteiger partial charge in [0.15, 0.2) is 0 Å². The number of aliphatic imine (C=N–C) groups is 1. The third-order valence-corrected chi connectivity index (χ3v) is 8.13. The Bertz CT molecular complexity index is 1610. The maximum Gasteiger partial charge on any atom is 0.383 e. The van der Waals surface area contributed by atoms with E-state index in [0.717, 1.165) is 18.4 Å². The van der Waals surface area contributed by atoms with Crippen molar-refractivity contribution in [2.45, 2.75) is 63.6 Å². The van der Waals surface area contributed by atoms with E-state index in [0.29, 0.717) is 66.0 Å². The first-order valence-corrected chi connectivity index (χ1v) is 15.2. The highest BCUT2D eigenvalue weighted by molar-refractivity contribution is 7.78. The van der Waals surface area contributed by atoms with E-state index in [1.54, 1.807) is 42.5 Å². The summed E-state index contributed by atoms with van der Waals surface area (Å²) < 4.78 is 71.0. The maximum absolute atomic E-state index is 15.3. The summed E-state index contributed by atoms with van der Waals surface area (Å²) >= 11 is 4.61. The fraction of sp³-hybridized carbons (Fsp3) is 0.306. The number of rotatable bonds is 11. The maximum atomic E-state index is 15.3. The molecule has 0 unspecified atom stereocenters. The fourth-order valence-electron chi connectivity index (χ4n) is 5.58. The smallest absolute Gasteiger partial charge is 0.383 e. The molecule has 0 amide bonds. The number of thiocarbonyl (C=S) groups is 1. The molecule has 1 fully saturated rings. The zero-order valence-electron chi connectivity index (χ0n) is 24.4. The van der Waals surface area contributed by atoms with Crippen LogP contribution in [0.3, 0.4) is 0 Å². The average molecular weight is 620 g/mol. The first-order chi connectivity index (χ1) is 21.3. The van der Waals surface area contributed by atoms with Crippen LogP contribution in [0.15, 0.2) is 89.9 Å². The van der Waals surface area contributed by atoms with Gasteiger partial charge in [-0.2, -0.15) is 13.8 Å². The van der Waals surface area contributed by atoms with Crippen molar-refractivity contribution in [3.05, 3.63) is 108 Å². The van der Waals surface area contributed by atoms with E-state index in [-0.39, 0.29) is 11.5 Å². The molecule has 0 aromatic heterocycles. The Morgan fingerprint density at radius 3 is 2.09 bits per heavy atom. The van der Waals surface area contributed by atoms with Gasteiger partial charge in [-0.05, 0) is 115 Å². The molecule has 1 saturated carbocycles. The van der Waals surface area contributed by atoms with Crippen LogP contribution in [0.25, 0.3) is 22.3 Å². The SMILES string of the molecule is CCCCOc1ccc(C(F)(F)OC2CCC(c3ccc(-c4ccc(-c5ccc(N=C=S)cc5)c(F)c4)c(F)c3)CC2)cc1. The van der Waals surface area contributed by atoms with E-state index in [1.165, 1.54) is 36.4 Å². The van der Waals surface area contributed by atoms with Gasteiger partial charge in [0.2, 0.25) is 0 Å². The number of hydrogen-bond donors (Lipinski definition) is 0. The van der Waals surface area contributed by atoms with Crippen molar-refractivity contribution >= 4 is 23.1 Å². The van der Waals surface area contributed by atoms with Gasteiger partial charge in [-0.15, -0.1) is 0 Å². The molecule has 44 heavy (non-hydrogen) atoms. The van der Waals surface area contributed by atoms with E-state index < -0.39 is 23.8 Å². The van der Waals surface area contributed by atoms with Crippen molar-refractivity contribution in [1.29, 1.82) is 0 Å². The highest BCUT2D eigenvalue weighted by Gasteiger charge is 2.37. The summed E-state index contributed by atoms with van der Waals surface area (Å²) in [5.41, 5.74) is 2.99. The molecule has 0 radical (unpaired) electrons. The Morgan fingerprint density at radius 1 is 0.818 bits per heavy atom. The molecule has 0 saturated heterocycles. The number of hydrogen-bond acceptors (Lipinski definition) is 4. The molecule has 0 aliphatic heterocycles. The Balaban J connectivity index is 1.19. The quantitative estimate of drug-likeness (QED) is 0.0724. The van der Waals surface area contributed by atoms with Gasteiger partial charge in [0.1, 0.15) is 17.4 Å². The van der Waals surface area contributed by atoms with E-state index in [9.17, 15) is 8.78 Å². The number of nitrogens with zero attached hydrogens (tertiary/aromatic N) is 1. The van der Waals surface area contributed by atoms with Crippen LogP contribution < -0.4 is 4.74 Å². The molecule has 1 aliphatic rings. The van der Waals surface area contributed by atoms with Gasteiger partial charge in [0, 0.05) is 11.1 Å². The molecular formula is C36H33F4NO2S. The highest BCUT2D eigenvalue weighted by atomic mass is 32.1. The summed E-state index contributed by atoms with van der Waals surface area (Å²) in [6.45, 7) is 2.60. The number of alkyl halides is 2. The topological polar surface area (TPSA) is 30.8 Å². The van der Waals surface area contributed by atoms with Crippen molar-refractivity contribution in [1.82, 2.24) is 0 Å². The predicted molar refractivity (Wildman–Crippen MR) is 169 cm³/mol. The van der Waals surface area contributed by atoms with Gasteiger partial charge < -0.3 is 9.47 Å². The minimum atomic E-state index is -3.42. The van der Waals surface area contributed by atoms with Gasteiger partial charge in [0.05, 0.1) is 29.1 Å². The fourth-order valence-corrected chi connectivity index (χ4v) is 5.68. The zero-order chi connectivity index (χ0) is 31.1. The summed E-state index contributed by atoms with van der Waals surface area (Å²) in [5.74, 6) is -0.345. The monoisotopic (exact) mass is 619 g/mol. The van der Waals surface area contributed by atoms with E-state index in [4.69, 9.17) is 9.47 Å². The van der Waals surface area contributed by atoms with Crippen LogP contribution in [0.1, 0.15) is 62.5 Å². The van der Waals surface area contributed by atoms with Crippen molar-refractivity contribution in [2.75, 3.05) is 6.61 Å². The van der Waals surface area contributed by atoms with E-state index in [1.807, 2.05) is 6.07 Å². The van der Waals surface area contributed by atoms with E-state index in [2.05, 4.69) is 29.3 Å². The molecule has 0 spiro atoms. The summed E-state index contributed by atoms with van der Waals surface area (Å²) in [5, 5.41) is 2.30. The minimum absolute atomic E-state index is 0.0243. The van der Waals surface area contributed by atoms with Crippen LogP contribution in [-0.4, -0.2) is 17.9 Å². The molecule has 4 aromatic rings. The van der Waals surface area contributed by atoms with Gasteiger partial charge in [-0.1, -0.05) is 49.7 Å². The molecule has 0 bridgehead atoms. The second-order valence-electron chi connectivity index (χ2n) is 11.0. The second kappa shape index (κ2) is 14.3. The first-order valence-electron chi connectivity index (χ1n) is 14.8. The Hall–Kier alpha value is -3.84. The molecule has 3 nitrogen and oxygen atoms in total. The molecule has 228 valence electrons. The standard InChI is InChI=1S/C36H33F4NO2S/c1-2-3-20-42-30-16-10-28(11-17-30)36(39,40)43-31-14-6-24(7-15-31)26-8-18-33(34(37)21-26)27-9-19-32(35(38)22-27)25-4-12-29(13-5-25)41-23-44/h4-5,8-13,16-19,21-22,24,31H,2-3,6-7,14-15,20H2,1H3. The first kappa shape index (κ1) is 31.6. The Morgan fingerprint density at radius 2 is 1.45 bits per heavy atom. The summed E-state index contributed by atoms with van der Waals surface area (Å²) in [7, 11) is 0. The third-order valence-electron chi connectivity index (χ3n) is 8.04. The molecular weight excluding hydrogens is 586 g/mol. The van der Waals surface area contributed by atoms with Gasteiger partial charge in [-0.25, -0.2) is 8.78 Å². The van der Waals surface area contributed by atoms with E-state index >= 15 is 8.78 Å². The normalized spacial score (nSPS) is 16.8. The molecule has 5 rings (SSSR count). The lowest BCUT2D eigenvalue weighted by Crippen LogP contribution is -2.29.